The molecule has 0 fully saturated rings. The monoisotopic (exact) mass is 286 g/mol. The topological polar surface area (TPSA) is 47.7 Å². The highest BCUT2D eigenvalue weighted by atomic mass is 32.1. The van der Waals surface area contributed by atoms with E-state index in [-0.39, 0.29) is 12.1 Å². The summed E-state index contributed by atoms with van der Waals surface area (Å²) in [7, 11) is 3.45. The normalized spacial score (nSPS) is 14.8. The van der Waals surface area contributed by atoms with E-state index in [2.05, 4.69) is 30.9 Å². The van der Waals surface area contributed by atoms with Crippen LogP contribution in [0.4, 0.5) is 0 Å². The van der Waals surface area contributed by atoms with E-state index in [9.17, 15) is 0 Å². The SMILES string of the molecule is COCCN(CCOC)C(c1ccc(C)s1)C(C)N. The van der Waals surface area contributed by atoms with Gasteiger partial charge in [0, 0.05) is 43.1 Å². The summed E-state index contributed by atoms with van der Waals surface area (Å²) >= 11 is 1.82. The van der Waals surface area contributed by atoms with Crippen molar-refractivity contribution in [3.8, 4) is 0 Å². The fraction of sp³-hybridized carbons (Fsp3) is 0.714. The molecule has 0 radical (unpaired) electrons. The lowest BCUT2D eigenvalue weighted by atomic mass is 10.1. The molecule has 0 aliphatic carbocycles. The Balaban J connectivity index is 2.84. The van der Waals surface area contributed by atoms with E-state index in [1.807, 2.05) is 11.3 Å². The maximum absolute atomic E-state index is 6.21. The third-order valence-electron chi connectivity index (χ3n) is 3.11. The van der Waals surface area contributed by atoms with Gasteiger partial charge in [0.05, 0.1) is 19.3 Å². The van der Waals surface area contributed by atoms with Gasteiger partial charge < -0.3 is 15.2 Å². The Morgan fingerprint density at radius 3 is 2.16 bits per heavy atom. The Kier molecular flexibility index (Phi) is 7.56. The lowest BCUT2D eigenvalue weighted by Gasteiger charge is -2.33. The van der Waals surface area contributed by atoms with Crippen LogP contribution < -0.4 is 5.73 Å². The fourth-order valence-electron chi connectivity index (χ4n) is 2.19. The maximum Gasteiger partial charge on any atom is 0.0592 e. The van der Waals surface area contributed by atoms with Gasteiger partial charge in [-0.3, -0.25) is 4.90 Å². The molecule has 0 bridgehead atoms. The summed E-state index contributed by atoms with van der Waals surface area (Å²) in [6.07, 6.45) is 0. The van der Waals surface area contributed by atoms with Crippen LogP contribution in [0.5, 0.6) is 0 Å². The van der Waals surface area contributed by atoms with Gasteiger partial charge in [0.2, 0.25) is 0 Å². The summed E-state index contributed by atoms with van der Waals surface area (Å²) in [6.45, 7) is 7.33. The minimum atomic E-state index is 0.0757. The van der Waals surface area contributed by atoms with Gasteiger partial charge in [0.15, 0.2) is 0 Å². The predicted octanol–water partition coefficient (Wildman–Crippen LogP) is 2.04. The van der Waals surface area contributed by atoms with Gasteiger partial charge in [-0.05, 0) is 26.0 Å². The Morgan fingerprint density at radius 2 is 1.79 bits per heavy atom. The van der Waals surface area contributed by atoms with Gasteiger partial charge in [0.25, 0.3) is 0 Å². The predicted molar refractivity (Wildman–Crippen MR) is 80.8 cm³/mol. The van der Waals surface area contributed by atoms with Crippen molar-refractivity contribution in [2.24, 2.45) is 5.73 Å². The molecular weight excluding hydrogens is 260 g/mol. The van der Waals surface area contributed by atoms with Crippen LogP contribution in [0, 0.1) is 6.92 Å². The molecule has 0 amide bonds. The van der Waals surface area contributed by atoms with E-state index < -0.39 is 0 Å². The number of thiophene rings is 1. The van der Waals surface area contributed by atoms with Crippen molar-refractivity contribution in [3.05, 3.63) is 21.9 Å². The van der Waals surface area contributed by atoms with Gasteiger partial charge in [-0.1, -0.05) is 0 Å². The molecule has 5 heteroatoms. The van der Waals surface area contributed by atoms with Crippen molar-refractivity contribution in [2.75, 3.05) is 40.5 Å². The van der Waals surface area contributed by atoms with Crippen LogP contribution >= 0.6 is 11.3 Å². The average Bonchev–Trinajstić information content (AvgIpc) is 2.78. The zero-order chi connectivity index (χ0) is 14.3. The number of hydrogen-bond donors (Lipinski definition) is 1. The summed E-state index contributed by atoms with van der Waals surface area (Å²) in [6, 6.07) is 4.64. The number of methoxy groups -OCH3 is 2. The minimum absolute atomic E-state index is 0.0757. The minimum Gasteiger partial charge on any atom is -0.383 e. The maximum atomic E-state index is 6.21. The van der Waals surface area contributed by atoms with Gasteiger partial charge in [-0.25, -0.2) is 0 Å². The first-order valence-corrected chi connectivity index (χ1v) is 7.45. The molecular formula is C14H26N2O2S. The number of nitrogens with zero attached hydrogens (tertiary/aromatic N) is 1. The first-order valence-electron chi connectivity index (χ1n) is 6.64. The number of hydrogen-bond acceptors (Lipinski definition) is 5. The fourth-order valence-corrected chi connectivity index (χ4v) is 3.32. The molecule has 1 aromatic rings. The number of nitrogens with two attached hydrogens (primary N) is 1. The average molecular weight is 286 g/mol. The molecule has 0 aliphatic heterocycles. The second-order valence-electron chi connectivity index (χ2n) is 4.77. The van der Waals surface area contributed by atoms with Crippen molar-refractivity contribution in [3.63, 3.8) is 0 Å². The zero-order valence-electron chi connectivity index (χ0n) is 12.4. The molecule has 1 aromatic heterocycles. The van der Waals surface area contributed by atoms with Crippen LogP contribution in [-0.2, 0) is 9.47 Å². The third-order valence-corrected chi connectivity index (χ3v) is 4.18. The van der Waals surface area contributed by atoms with Gasteiger partial charge in [-0.15, -0.1) is 11.3 Å². The van der Waals surface area contributed by atoms with E-state index in [1.54, 1.807) is 14.2 Å². The molecule has 4 nitrogen and oxygen atoms in total. The number of aryl methyl sites for hydroxylation is 1. The third kappa shape index (κ3) is 5.20. The number of rotatable bonds is 9. The molecule has 0 aliphatic rings. The summed E-state index contributed by atoms with van der Waals surface area (Å²) < 4.78 is 10.4. The van der Waals surface area contributed by atoms with E-state index >= 15 is 0 Å². The molecule has 2 atom stereocenters. The largest absolute Gasteiger partial charge is 0.383 e. The molecule has 0 aromatic carbocycles. The first-order chi connectivity index (χ1) is 9.10. The van der Waals surface area contributed by atoms with E-state index in [0.717, 1.165) is 13.1 Å². The van der Waals surface area contributed by atoms with Crippen molar-refractivity contribution >= 4 is 11.3 Å². The lowest BCUT2D eigenvalue weighted by Crippen LogP contribution is -2.42. The van der Waals surface area contributed by atoms with Crippen LogP contribution in [0.1, 0.15) is 22.7 Å². The summed E-state index contributed by atoms with van der Waals surface area (Å²) in [5, 5.41) is 0. The Hall–Kier alpha value is -0.460. The molecule has 0 spiro atoms. The highest BCUT2D eigenvalue weighted by molar-refractivity contribution is 7.12. The quantitative estimate of drug-likeness (QED) is 0.754. The Bertz CT molecular complexity index is 347. The van der Waals surface area contributed by atoms with Crippen LogP contribution in [-0.4, -0.2) is 51.5 Å². The highest BCUT2D eigenvalue weighted by Crippen LogP contribution is 2.29. The molecule has 19 heavy (non-hydrogen) atoms. The van der Waals surface area contributed by atoms with Crippen LogP contribution in [0.25, 0.3) is 0 Å². The molecule has 1 rings (SSSR count). The van der Waals surface area contributed by atoms with Crippen molar-refractivity contribution < 1.29 is 9.47 Å². The van der Waals surface area contributed by atoms with Crippen LogP contribution in [0.2, 0.25) is 0 Å². The van der Waals surface area contributed by atoms with Gasteiger partial charge in [-0.2, -0.15) is 0 Å². The van der Waals surface area contributed by atoms with Crippen LogP contribution in [0.15, 0.2) is 12.1 Å². The molecule has 0 saturated heterocycles. The van der Waals surface area contributed by atoms with E-state index in [4.69, 9.17) is 15.2 Å². The van der Waals surface area contributed by atoms with Crippen LogP contribution in [0.3, 0.4) is 0 Å². The zero-order valence-corrected chi connectivity index (χ0v) is 13.2. The molecule has 110 valence electrons. The van der Waals surface area contributed by atoms with Crippen molar-refractivity contribution in [2.45, 2.75) is 25.9 Å². The molecule has 2 N–H and O–H groups in total. The lowest BCUT2D eigenvalue weighted by molar-refractivity contribution is 0.0812. The second kappa shape index (κ2) is 8.66. The van der Waals surface area contributed by atoms with E-state index in [1.165, 1.54) is 9.75 Å². The molecule has 1 heterocycles. The Morgan fingerprint density at radius 1 is 1.21 bits per heavy atom. The van der Waals surface area contributed by atoms with E-state index in [0.29, 0.717) is 13.2 Å². The molecule has 2 unspecified atom stereocenters. The smallest absolute Gasteiger partial charge is 0.0592 e. The highest BCUT2D eigenvalue weighted by Gasteiger charge is 2.24. The summed E-state index contributed by atoms with van der Waals surface area (Å²) in [5.74, 6) is 0. The van der Waals surface area contributed by atoms with Crippen molar-refractivity contribution in [1.82, 2.24) is 4.90 Å². The first kappa shape index (κ1) is 16.6. The Labute approximate surface area is 120 Å². The molecule has 0 saturated carbocycles. The van der Waals surface area contributed by atoms with Gasteiger partial charge >= 0.3 is 0 Å². The standard InChI is InChI=1S/C14H26N2O2S/c1-11-5-6-13(19-11)14(12(2)15)16(7-9-17-3)8-10-18-4/h5-6,12,14H,7-10,15H2,1-4H3. The number of ether oxygens (including phenoxy) is 2. The second-order valence-corrected chi connectivity index (χ2v) is 6.09. The van der Waals surface area contributed by atoms with Crippen molar-refractivity contribution in [1.29, 1.82) is 0 Å². The summed E-state index contributed by atoms with van der Waals surface area (Å²) in [5.41, 5.74) is 6.21. The van der Waals surface area contributed by atoms with Gasteiger partial charge in [0.1, 0.15) is 0 Å². The summed E-state index contributed by atoms with van der Waals surface area (Å²) in [4.78, 5) is 4.99.